The van der Waals surface area contributed by atoms with Crippen molar-refractivity contribution in [2.24, 2.45) is 11.7 Å². The van der Waals surface area contributed by atoms with E-state index in [2.05, 4.69) is 33.9 Å². The average Bonchev–Trinajstić information content (AvgIpc) is 2.85. The molecule has 2 N–H and O–H groups in total. The van der Waals surface area contributed by atoms with Crippen LogP contribution in [-0.2, 0) is 14.7 Å². The van der Waals surface area contributed by atoms with Crippen molar-refractivity contribution in [2.75, 3.05) is 13.2 Å². The van der Waals surface area contributed by atoms with Crippen LogP contribution in [0.2, 0.25) is 18.1 Å². The molecule has 3 nitrogen and oxygen atoms in total. The zero-order valence-electron chi connectivity index (χ0n) is 15.2. The quantitative estimate of drug-likeness (QED) is 0.842. The molecule has 1 saturated heterocycles. The fourth-order valence-electron chi connectivity index (χ4n) is 2.86. The largest absolute Gasteiger partial charge is 0.411 e. The van der Waals surface area contributed by atoms with E-state index in [0.29, 0.717) is 18.8 Å². The lowest BCUT2D eigenvalue weighted by atomic mass is 9.78. The van der Waals surface area contributed by atoms with Crippen molar-refractivity contribution in [1.82, 2.24) is 0 Å². The second-order valence-electron chi connectivity index (χ2n) is 8.32. The molecular weight excluding hydrogens is 309 g/mol. The summed E-state index contributed by atoms with van der Waals surface area (Å²) in [4.78, 5) is 0. The fraction of sp³-hybridized carbons (Fsp3) is 0.667. The van der Waals surface area contributed by atoms with Gasteiger partial charge in [0.05, 0.1) is 19.3 Å². The molecule has 3 atom stereocenters. The maximum atomic E-state index is 14.2. The van der Waals surface area contributed by atoms with Gasteiger partial charge in [0.25, 0.3) is 0 Å². The Morgan fingerprint density at radius 2 is 1.78 bits per heavy atom. The van der Waals surface area contributed by atoms with Crippen LogP contribution in [0.1, 0.15) is 33.3 Å². The third-order valence-corrected chi connectivity index (χ3v) is 10.0. The molecule has 1 aliphatic heterocycles. The lowest BCUT2D eigenvalue weighted by molar-refractivity contribution is 0.105. The first-order chi connectivity index (χ1) is 10.5. The highest BCUT2D eigenvalue weighted by atomic mass is 28.4. The van der Waals surface area contributed by atoms with Crippen LogP contribution in [0.5, 0.6) is 0 Å². The van der Waals surface area contributed by atoms with Crippen molar-refractivity contribution in [3.05, 3.63) is 35.6 Å². The van der Waals surface area contributed by atoms with Crippen LogP contribution in [0.25, 0.3) is 0 Å². The number of benzene rings is 1. The molecule has 130 valence electrons. The summed E-state index contributed by atoms with van der Waals surface area (Å²) in [5, 5.41) is 0.114. The zero-order valence-corrected chi connectivity index (χ0v) is 16.2. The molecule has 1 heterocycles. The smallest absolute Gasteiger partial charge is 0.192 e. The third-order valence-electron chi connectivity index (χ3n) is 5.50. The highest BCUT2D eigenvalue weighted by Gasteiger charge is 2.47. The summed E-state index contributed by atoms with van der Waals surface area (Å²) in [5.41, 5.74) is 6.28. The Hall–Kier alpha value is -0.753. The minimum absolute atomic E-state index is 0.0616. The number of nitrogens with two attached hydrogens (primary N) is 1. The number of rotatable bonds is 4. The maximum absolute atomic E-state index is 14.2. The number of ether oxygens (including phenoxy) is 1. The van der Waals surface area contributed by atoms with Gasteiger partial charge >= 0.3 is 0 Å². The van der Waals surface area contributed by atoms with Crippen molar-refractivity contribution in [3.63, 3.8) is 0 Å². The minimum Gasteiger partial charge on any atom is -0.411 e. The summed E-state index contributed by atoms with van der Waals surface area (Å²) in [6, 6.07) is 6.73. The molecule has 1 fully saturated rings. The van der Waals surface area contributed by atoms with Gasteiger partial charge in [-0.1, -0.05) is 39.0 Å². The summed E-state index contributed by atoms with van der Waals surface area (Å²) in [5.74, 6) is -0.330. The molecule has 1 aromatic rings. The normalized spacial score (nSPS) is 25.4. The predicted molar refractivity (Wildman–Crippen MR) is 94.3 cm³/mol. The molecular formula is C18H30FNO2Si. The Morgan fingerprint density at radius 1 is 1.17 bits per heavy atom. The third kappa shape index (κ3) is 3.68. The van der Waals surface area contributed by atoms with Gasteiger partial charge in [-0.05, 0) is 31.1 Å². The molecule has 1 aromatic carbocycles. The number of halogens is 1. The van der Waals surface area contributed by atoms with Crippen molar-refractivity contribution in [1.29, 1.82) is 0 Å². The van der Waals surface area contributed by atoms with Crippen LogP contribution < -0.4 is 5.73 Å². The fourth-order valence-corrected chi connectivity index (χ4v) is 4.21. The molecule has 5 heteroatoms. The SMILES string of the molecule is CC(N)(c1ccccc1F)C1COCC1O[Si](C)(C)C(C)(C)C. The molecule has 0 spiro atoms. The van der Waals surface area contributed by atoms with Gasteiger partial charge in [0.1, 0.15) is 5.82 Å². The number of hydrogen-bond acceptors (Lipinski definition) is 3. The van der Waals surface area contributed by atoms with Gasteiger partial charge in [-0.25, -0.2) is 4.39 Å². The second-order valence-corrected chi connectivity index (χ2v) is 13.1. The summed E-state index contributed by atoms with van der Waals surface area (Å²) < 4.78 is 26.4. The van der Waals surface area contributed by atoms with Gasteiger partial charge in [0, 0.05) is 17.0 Å². The maximum Gasteiger partial charge on any atom is 0.192 e. The van der Waals surface area contributed by atoms with Gasteiger partial charge in [-0.2, -0.15) is 0 Å². The molecule has 0 aliphatic carbocycles. The van der Waals surface area contributed by atoms with Crippen LogP contribution in [0.4, 0.5) is 4.39 Å². The zero-order chi connectivity index (χ0) is 17.5. The Labute approximate surface area is 140 Å². The van der Waals surface area contributed by atoms with Crippen molar-refractivity contribution in [2.45, 2.75) is 57.5 Å². The van der Waals surface area contributed by atoms with Gasteiger partial charge < -0.3 is 14.9 Å². The van der Waals surface area contributed by atoms with E-state index >= 15 is 0 Å². The standard InChI is InChI=1S/C18H30FNO2Si/c1-17(2,3)23(5,6)22-16-12-21-11-14(16)18(4,20)13-9-7-8-10-15(13)19/h7-10,14,16H,11-12,20H2,1-6H3. The highest BCUT2D eigenvalue weighted by molar-refractivity contribution is 6.74. The van der Waals surface area contributed by atoms with Crippen LogP contribution in [0.15, 0.2) is 24.3 Å². The van der Waals surface area contributed by atoms with Crippen LogP contribution in [-0.4, -0.2) is 27.6 Å². The van der Waals surface area contributed by atoms with Crippen molar-refractivity contribution in [3.8, 4) is 0 Å². The molecule has 0 amide bonds. The van der Waals surface area contributed by atoms with E-state index in [0.717, 1.165) is 0 Å². The Kier molecular flexibility index (Phi) is 5.07. The van der Waals surface area contributed by atoms with E-state index in [-0.39, 0.29) is 22.9 Å². The summed E-state index contributed by atoms with van der Waals surface area (Å²) >= 11 is 0. The Morgan fingerprint density at radius 3 is 2.35 bits per heavy atom. The minimum atomic E-state index is -1.93. The monoisotopic (exact) mass is 339 g/mol. The van der Waals surface area contributed by atoms with Crippen LogP contribution in [0, 0.1) is 11.7 Å². The molecule has 23 heavy (non-hydrogen) atoms. The molecule has 3 unspecified atom stereocenters. The van der Waals surface area contributed by atoms with Gasteiger partial charge in [-0.15, -0.1) is 0 Å². The second kappa shape index (κ2) is 6.28. The topological polar surface area (TPSA) is 44.5 Å². The van der Waals surface area contributed by atoms with E-state index in [1.807, 2.05) is 13.0 Å². The van der Waals surface area contributed by atoms with E-state index < -0.39 is 13.9 Å². The van der Waals surface area contributed by atoms with Crippen LogP contribution >= 0.6 is 0 Å². The van der Waals surface area contributed by atoms with E-state index in [1.165, 1.54) is 6.07 Å². The molecule has 0 radical (unpaired) electrons. The molecule has 0 bridgehead atoms. The van der Waals surface area contributed by atoms with Crippen molar-refractivity contribution >= 4 is 8.32 Å². The van der Waals surface area contributed by atoms with E-state index in [9.17, 15) is 4.39 Å². The lowest BCUT2D eigenvalue weighted by Gasteiger charge is -2.42. The van der Waals surface area contributed by atoms with E-state index in [1.54, 1.807) is 12.1 Å². The molecule has 0 saturated carbocycles. The van der Waals surface area contributed by atoms with E-state index in [4.69, 9.17) is 14.9 Å². The Balaban J connectivity index is 2.26. The van der Waals surface area contributed by atoms with Crippen LogP contribution in [0.3, 0.4) is 0 Å². The first-order valence-electron chi connectivity index (χ1n) is 8.26. The summed E-state index contributed by atoms with van der Waals surface area (Å²) in [6.07, 6.45) is -0.0921. The first kappa shape index (κ1) is 18.6. The first-order valence-corrected chi connectivity index (χ1v) is 11.2. The highest BCUT2D eigenvalue weighted by Crippen LogP contribution is 2.42. The van der Waals surface area contributed by atoms with Gasteiger partial charge in [0.15, 0.2) is 8.32 Å². The summed E-state index contributed by atoms with van der Waals surface area (Å²) in [6.45, 7) is 14.0. The van der Waals surface area contributed by atoms with Gasteiger partial charge in [-0.3, -0.25) is 0 Å². The van der Waals surface area contributed by atoms with Gasteiger partial charge in [0.2, 0.25) is 0 Å². The number of hydrogen-bond donors (Lipinski definition) is 1. The molecule has 0 aromatic heterocycles. The summed E-state index contributed by atoms with van der Waals surface area (Å²) in [7, 11) is -1.93. The molecule has 1 aliphatic rings. The molecule has 2 rings (SSSR count). The Bertz CT molecular complexity index is 554. The lowest BCUT2D eigenvalue weighted by Crippen LogP contribution is -2.52. The predicted octanol–water partition coefficient (Wildman–Crippen LogP) is 4.04. The average molecular weight is 340 g/mol. The van der Waals surface area contributed by atoms with Crippen molar-refractivity contribution < 1.29 is 13.6 Å².